The van der Waals surface area contributed by atoms with Gasteiger partial charge in [0.05, 0.1) is 25.3 Å². The summed E-state index contributed by atoms with van der Waals surface area (Å²) in [5.41, 5.74) is 2.23. The van der Waals surface area contributed by atoms with Crippen molar-refractivity contribution in [3.8, 4) is 35.7 Å². The summed E-state index contributed by atoms with van der Waals surface area (Å²) in [7, 11) is 1.61. The summed E-state index contributed by atoms with van der Waals surface area (Å²) >= 11 is 0. The molecule has 0 aliphatic rings. The molecule has 1 heterocycles. The maximum atomic E-state index is 11.2. The normalized spacial score (nSPS) is 10.3. The average Bonchev–Trinajstić information content (AvgIpc) is 2.94. The van der Waals surface area contributed by atoms with Crippen LogP contribution < -0.4 is 14.8 Å². The Labute approximate surface area is 227 Å². The molecule has 0 saturated carbocycles. The Hall–Kier alpha value is -4.35. The number of anilines is 2. The van der Waals surface area contributed by atoms with Gasteiger partial charge in [-0.15, -0.1) is 6.42 Å². The van der Waals surface area contributed by atoms with E-state index in [2.05, 4.69) is 33.0 Å². The van der Waals surface area contributed by atoms with E-state index >= 15 is 0 Å². The van der Waals surface area contributed by atoms with Gasteiger partial charge in [-0.2, -0.15) is 0 Å². The van der Waals surface area contributed by atoms with Crippen molar-refractivity contribution in [3.63, 3.8) is 0 Å². The minimum absolute atomic E-state index is 0.114. The Bertz CT molecular complexity index is 1330. The van der Waals surface area contributed by atoms with Crippen LogP contribution in [0.2, 0.25) is 0 Å². The fourth-order valence-corrected chi connectivity index (χ4v) is 3.27. The van der Waals surface area contributed by atoms with Crippen molar-refractivity contribution in [1.29, 1.82) is 0 Å². The van der Waals surface area contributed by atoms with E-state index < -0.39 is 5.97 Å². The molecule has 3 rings (SSSR count). The van der Waals surface area contributed by atoms with Gasteiger partial charge in [-0.25, -0.2) is 14.8 Å². The Kier molecular flexibility index (Phi) is 12.3. The lowest BCUT2D eigenvalue weighted by Gasteiger charge is -2.15. The lowest BCUT2D eigenvalue weighted by molar-refractivity contribution is -0.147. The molecule has 2 aromatic carbocycles. The second kappa shape index (κ2) is 16.5. The van der Waals surface area contributed by atoms with E-state index in [0.29, 0.717) is 49.3 Å². The van der Waals surface area contributed by atoms with Gasteiger partial charge < -0.3 is 33.7 Å². The van der Waals surface area contributed by atoms with Gasteiger partial charge in [0.1, 0.15) is 45.2 Å². The number of benzene rings is 2. The SMILES string of the molecule is C#Cc1cccc(Nc2ncnc3cc(OCCOC)c(OCCOCC#CCOCC(=O)OCC)cc23)c1. The average molecular weight is 534 g/mol. The van der Waals surface area contributed by atoms with Crippen molar-refractivity contribution >= 4 is 28.4 Å². The maximum absolute atomic E-state index is 11.2. The van der Waals surface area contributed by atoms with E-state index in [1.807, 2.05) is 30.3 Å². The second-order valence-electron chi connectivity index (χ2n) is 7.78. The van der Waals surface area contributed by atoms with Gasteiger partial charge in [-0.05, 0) is 31.2 Å². The lowest BCUT2D eigenvalue weighted by Crippen LogP contribution is -2.12. The summed E-state index contributed by atoms with van der Waals surface area (Å²) in [6.07, 6.45) is 7.01. The van der Waals surface area contributed by atoms with Crippen molar-refractivity contribution in [2.24, 2.45) is 0 Å². The largest absolute Gasteiger partial charge is 0.487 e. The Morgan fingerprint density at radius 2 is 1.74 bits per heavy atom. The first-order valence-corrected chi connectivity index (χ1v) is 12.3. The van der Waals surface area contributed by atoms with E-state index in [1.165, 1.54) is 6.33 Å². The molecule has 0 bridgehead atoms. The summed E-state index contributed by atoms with van der Waals surface area (Å²) < 4.78 is 32.3. The number of ether oxygens (including phenoxy) is 6. The third-order valence-electron chi connectivity index (χ3n) is 5.02. The summed E-state index contributed by atoms with van der Waals surface area (Å²) in [4.78, 5) is 20.0. The van der Waals surface area contributed by atoms with Gasteiger partial charge >= 0.3 is 5.97 Å². The van der Waals surface area contributed by atoms with Gasteiger partial charge in [-0.1, -0.05) is 23.8 Å². The lowest BCUT2D eigenvalue weighted by atomic mass is 10.2. The predicted molar refractivity (Wildman–Crippen MR) is 146 cm³/mol. The molecule has 0 radical (unpaired) electrons. The van der Waals surface area contributed by atoms with Crippen LogP contribution in [-0.4, -0.2) is 75.9 Å². The van der Waals surface area contributed by atoms with Crippen LogP contribution in [0.15, 0.2) is 42.7 Å². The molecule has 0 saturated heterocycles. The van der Waals surface area contributed by atoms with Crippen molar-refractivity contribution < 1.29 is 33.2 Å². The molecule has 0 fully saturated rings. The van der Waals surface area contributed by atoms with Crippen molar-refractivity contribution in [3.05, 3.63) is 48.3 Å². The Morgan fingerprint density at radius 3 is 2.51 bits per heavy atom. The minimum Gasteiger partial charge on any atom is -0.487 e. The van der Waals surface area contributed by atoms with Crippen LogP contribution in [0.25, 0.3) is 10.9 Å². The molecule has 10 nitrogen and oxygen atoms in total. The van der Waals surface area contributed by atoms with E-state index in [9.17, 15) is 4.79 Å². The molecule has 204 valence electrons. The van der Waals surface area contributed by atoms with E-state index in [0.717, 1.165) is 16.6 Å². The molecular formula is C29H31N3O7. The first-order valence-electron chi connectivity index (χ1n) is 12.3. The third kappa shape index (κ3) is 9.80. The van der Waals surface area contributed by atoms with E-state index in [1.54, 1.807) is 20.1 Å². The number of terminal acetylenes is 1. The quantitative estimate of drug-likeness (QED) is 0.177. The zero-order chi connectivity index (χ0) is 27.7. The number of carbonyl (C=O) groups excluding carboxylic acids is 1. The second-order valence-corrected chi connectivity index (χ2v) is 7.78. The third-order valence-corrected chi connectivity index (χ3v) is 5.02. The first kappa shape index (κ1) is 29.2. The summed E-state index contributed by atoms with van der Waals surface area (Å²) in [6.45, 7) is 3.55. The molecule has 0 unspecified atom stereocenters. The molecule has 0 aliphatic carbocycles. The molecule has 1 aromatic heterocycles. The summed E-state index contributed by atoms with van der Waals surface area (Å²) in [5.74, 6) is 9.43. The zero-order valence-electron chi connectivity index (χ0n) is 22.0. The first-order chi connectivity index (χ1) is 19.1. The topological polar surface area (TPSA) is 110 Å². The monoisotopic (exact) mass is 533 g/mol. The minimum atomic E-state index is -0.417. The van der Waals surface area contributed by atoms with E-state index in [4.69, 9.17) is 34.8 Å². The highest BCUT2D eigenvalue weighted by Crippen LogP contribution is 2.35. The van der Waals surface area contributed by atoms with Gasteiger partial charge in [0.15, 0.2) is 11.5 Å². The van der Waals surface area contributed by atoms with Gasteiger partial charge in [0, 0.05) is 29.8 Å². The number of esters is 1. The Balaban J connectivity index is 1.62. The molecule has 39 heavy (non-hydrogen) atoms. The maximum Gasteiger partial charge on any atom is 0.332 e. The van der Waals surface area contributed by atoms with Crippen LogP contribution in [0.1, 0.15) is 12.5 Å². The summed E-state index contributed by atoms with van der Waals surface area (Å²) in [6, 6.07) is 11.1. The van der Waals surface area contributed by atoms with Gasteiger partial charge in [0.2, 0.25) is 0 Å². The highest BCUT2D eigenvalue weighted by molar-refractivity contribution is 5.93. The number of fused-ring (bicyclic) bond motifs is 1. The van der Waals surface area contributed by atoms with Gasteiger partial charge in [0.25, 0.3) is 0 Å². The molecule has 0 aliphatic heterocycles. The van der Waals surface area contributed by atoms with Crippen LogP contribution in [0.5, 0.6) is 11.5 Å². The van der Waals surface area contributed by atoms with Gasteiger partial charge in [-0.3, -0.25) is 0 Å². The number of nitrogens with one attached hydrogen (secondary N) is 1. The number of rotatable bonds is 15. The molecule has 10 heteroatoms. The number of hydrogen-bond donors (Lipinski definition) is 1. The van der Waals surface area contributed by atoms with E-state index in [-0.39, 0.29) is 26.4 Å². The molecule has 0 spiro atoms. The molecule has 0 atom stereocenters. The van der Waals surface area contributed by atoms with Crippen LogP contribution in [0.4, 0.5) is 11.5 Å². The standard InChI is InChI=1S/C29H31N3O7/c1-4-22-9-8-10-23(17-22)32-29-24-18-26(27(38-15-13-34-3)19-25(24)30-21-31-29)39-16-14-35-11-6-7-12-36-20-28(33)37-5-2/h1,8-10,17-19,21H,5,11-16,20H2,2-3H3,(H,30,31,32). The van der Waals surface area contributed by atoms with Crippen molar-refractivity contribution in [2.75, 3.05) is 65.3 Å². The number of nitrogens with zero attached hydrogens (tertiary/aromatic N) is 2. The summed E-state index contributed by atoms with van der Waals surface area (Å²) in [5, 5.41) is 4.04. The molecule has 1 N–H and O–H groups in total. The predicted octanol–water partition coefficient (Wildman–Crippen LogP) is 3.36. The number of hydrogen-bond acceptors (Lipinski definition) is 10. The van der Waals surface area contributed by atoms with Crippen LogP contribution in [0.3, 0.4) is 0 Å². The molecular weight excluding hydrogens is 502 g/mol. The Morgan fingerprint density at radius 1 is 0.974 bits per heavy atom. The number of aromatic nitrogens is 2. The van der Waals surface area contributed by atoms with Crippen LogP contribution >= 0.6 is 0 Å². The fraction of sp³-hybridized carbons (Fsp3) is 0.345. The smallest absolute Gasteiger partial charge is 0.332 e. The van der Waals surface area contributed by atoms with Crippen LogP contribution in [0, 0.1) is 24.2 Å². The molecule has 0 amide bonds. The zero-order valence-corrected chi connectivity index (χ0v) is 22.0. The number of carbonyl (C=O) groups is 1. The highest BCUT2D eigenvalue weighted by atomic mass is 16.6. The fourth-order valence-electron chi connectivity index (χ4n) is 3.27. The molecule has 3 aromatic rings. The highest BCUT2D eigenvalue weighted by Gasteiger charge is 2.13. The van der Waals surface area contributed by atoms with Crippen molar-refractivity contribution in [1.82, 2.24) is 9.97 Å². The number of methoxy groups -OCH3 is 1. The van der Waals surface area contributed by atoms with Crippen molar-refractivity contribution in [2.45, 2.75) is 6.92 Å². The van der Waals surface area contributed by atoms with Crippen LogP contribution in [-0.2, 0) is 23.7 Å².